The van der Waals surface area contributed by atoms with Crippen LogP contribution < -0.4 is 4.73 Å². The summed E-state index contributed by atoms with van der Waals surface area (Å²) >= 11 is 11.9. The Morgan fingerprint density at radius 1 is 1.05 bits per heavy atom. The van der Waals surface area contributed by atoms with Gasteiger partial charge in [0.15, 0.2) is 23.0 Å². The highest BCUT2D eigenvalue weighted by molar-refractivity contribution is 6.31. The molecule has 5 aromatic rings. The van der Waals surface area contributed by atoms with Crippen LogP contribution >= 0.6 is 23.2 Å². The van der Waals surface area contributed by atoms with Gasteiger partial charge in [0.25, 0.3) is 0 Å². The number of hydrogen-bond acceptors (Lipinski definition) is 6. The Morgan fingerprint density at radius 3 is 2.52 bits per heavy atom. The average Bonchev–Trinajstić information content (AvgIpc) is 3.66. The molecular formula is C24H18Cl2F4N8O2. The number of aromatic nitrogens is 8. The van der Waals surface area contributed by atoms with Gasteiger partial charge in [0.1, 0.15) is 11.7 Å². The van der Waals surface area contributed by atoms with Gasteiger partial charge in [-0.05, 0) is 18.2 Å². The summed E-state index contributed by atoms with van der Waals surface area (Å²) in [6.07, 6.45) is 5.97. The van der Waals surface area contributed by atoms with E-state index in [1.165, 1.54) is 59.3 Å². The van der Waals surface area contributed by atoms with E-state index in [1.54, 1.807) is 0 Å². The van der Waals surface area contributed by atoms with E-state index in [9.17, 15) is 18.4 Å². The normalized spacial score (nSPS) is 12.4. The standard InChI is InChI=1S/C24H18Cl2F4N8O2/c1-40-7-6-17(35-10-14(8-31-35)23-16(27)9-32-38(23)24(29)30)18-4-2-13(11-37(18)39)21-19(5-3-15(25)22(21)28)36-12-20(26)33-34-36/h2-5,8-12,17,24H,6-7H2,1H3/t17-/m0/s1. The Balaban J connectivity index is 1.56. The number of benzene rings is 1. The van der Waals surface area contributed by atoms with E-state index in [4.69, 9.17) is 27.9 Å². The number of hydrogen-bond donors (Lipinski definition) is 0. The highest BCUT2D eigenvalue weighted by atomic mass is 35.5. The van der Waals surface area contributed by atoms with Gasteiger partial charge < -0.3 is 9.94 Å². The Hall–Kier alpha value is -4.01. The van der Waals surface area contributed by atoms with Crippen LogP contribution in [0.1, 0.15) is 24.7 Å². The first-order valence-electron chi connectivity index (χ1n) is 11.5. The summed E-state index contributed by atoms with van der Waals surface area (Å²) in [7, 11) is 1.47. The predicted octanol–water partition coefficient (Wildman–Crippen LogP) is 5.23. The number of pyridine rings is 1. The fourth-order valence-electron chi connectivity index (χ4n) is 4.30. The first kappa shape index (κ1) is 27.6. The monoisotopic (exact) mass is 596 g/mol. The van der Waals surface area contributed by atoms with Gasteiger partial charge in [-0.2, -0.15) is 23.7 Å². The molecule has 208 valence electrons. The van der Waals surface area contributed by atoms with Crippen molar-refractivity contribution in [3.63, 3.8) is 0 Å². The summed E-state index contributed by atoms with van der Waals surface area (Å²) in [4.78, 5) is 0. The molecule has 0 saturated heterocycles. The molecule has 4 heterocycles. The molecule has 0 aliphatic carbocycles. The lowest BCUT2D eigenvalue weighted by molar-refractivity contribution is -0.615. The Labute approximate surface area is 233 Å². The third-order valence-corrected chi connectivity index (χ3v) is 6.55. The highest BCUT2D eigenvalue weighted by Gasteiger charge is 2.27. The summed E-state index contributed by atoms with van der Waals surface area (Å²) in [5.74, 6) is -1.74. The number of methoxy groups -OCH3 is 1. The summed E-state index contributed by atoms with van der Waals surface area (Å²) in [6, 6.07) is 5.06. The fraction of sp³-hybridized carbons (Fsp3) is 0.208. The third-order valence-electron chi connectivity index (χ3n) is 6.09. The van der Waals surface area contributed by atoms with Crippen LogP contribution in [0.15, 0.2) is 55.2 Å². The molecule has 1 atom stereocenters. The molecular weight excluding hydrogens is 579 g/mol. The van der Waals surface area contributed by atoms with E-state index in [0.717, 1.165) is 6.20 Å². The van der Waals surface area contributed by atoms with Crippen molar-refractivity contribution in [2.24, 2.45) is 0 Å². The van der Waals surface area contributed by atoms with Gasteiger partial charge in [-0.15, -0.1) is 5.10 Å². The molecule has 10 nitrogen and oxygen atoms in total. The lowest BCUT2D eigenvalue weighted by atomic mass is 10.0. The van der Waals surface area contributed by atoms with Crippen molar-refractivity contribution in [2.75, 3.05) is 13.7 Å². The SMILES string of the molecule is COCC[C@@H](c1ccc(-c2c(-n3cc(Cl)nn3)ccc(Cl)c2F)c[n+]1[O-])n1cc(-c2c(F)cnn2C(F)F)cn1. The largest absolute Gasteiger partial charge is 0.618 e. The number of nitrogens with zero attached hydrogens (tertiary/aromatic N) is 8. The summed E-state index contributed by atoms with van der Waals surface area (Å²) < 4.78 is 64.8. The molecule has 4 aromatic heterocycles. The fourth-order valence-corrected chi connectivity index (χ4v) is 4.58. The maximum Gasteiger partial charge on any atom is 0.333 e. The first-order valence-corrected chi connectivity index (χ1v) is 12.3. The Morgan fingerprint density at radius 2 is 1.85 bits per heavy atom. The molecule has 0 unspecified atom stereocenters. The van der Waals surface area contributed by atoms with E-state index >= 15 is 4.39 Å². The van der Waals surface area contributed by atoms with Crippen LogP contribution in [0.3, 0.4) is 0 Å². The van der Waals surface area contributed by atoms with Crippen LogP contribution in [-0.4, -0.2) is 48.3 Å². The van der Waals surface area contributed by atoms with Gasteiger partial charge in [0.2, 0.25) is 5.69 Å². The van der Waals surface area contributed by atoms with E-state index in [-0.39, 0.29) is 56.0 Å². The lowest BCUT2D eigenvalue weighted by Crippen LogP contribution is -2.36. The van der Waals surface area contributed by atoms with Crippen LogP contribution in [-0.2, 0) is 4.74 Å². The zero-order chi connectivity index (χ0) is 28.6. The van der Waals surface area contributed by atoms with Crippen molar-refractivity contribution >= 4 is 23.2 Å². The molecule has 40 heavy (non-hydrogen) atoms. The number of alkyl halides is 2. The van der Waals surface area contributed by atoms with Crippen LogP contribution in [0.25, 0.3) is 28.1 Å². The van der Waals surface area contributed by atoms with Gasteiger partial charge in [-0.25, -0.2) is 18.1 Å². The quantitative estimate of drug-likeness (QED) is 0.131. The second kappa shape index (κ2) is 11.2. The van der Waals surface area contributed by atoms with Crippen molar-refractivity contribution in [1.82, 2.24) is 34.6 Å². The van der Waals surface area contributed by atoms with Gasteiger partial charge in [-0.1, -0.05) is 28.4 Å². The molecule has 1 aromatic carbocycles. The minimum atomic E-state index is -3.08. The van der Waals surface area contributed by atoms with Gasteiger partial charge in [0.05, 0.1) is 40.4 Å². The van der Waals surface area contributed by atoms with Crippen molar-refractivity contribution in [3.8, 4) is 28.1 Å². The molecule has 0 bridgehead atoms. The van der Waals surface area contributed by atoms with Crippen molar-refractivity contribution in [3.05, 3.63) is 88.0 Å². The lowest BCUT2D eigenvalue weighted by Gasteiger charge is -2.18. The van der Waals surface area contributed by atoms with E-state index < -0.39 is 29.9 Å². The molecule has 16 heteroatoms. The van der Waals surface area contributed by atoms with E-state index in [2.05, 4.69) is 20.5 Å². The first-order chi connectivity index (χ1) is 19.2. The molecule has 0 saturated carbocycles. The molecule has 0 aliphatic heterocycles. The highest BCUT2D eigenvalue weighted by Crippen LogP contribution is 2.34. The Kier molecular flexibility index (Phi) is 7.74. The zero-order valence-electron chi connectivity index (χ0n) is 20.4. The molecule has 5 rings (SSSR count). The van der Waals surface area contributed by atoms with Gasteiger partial charge >= 0.3 is 6.55 Å². The second-order valence-corrected chi connectivity index (χ2v) is 9.27. The van der Waals surface area contributed by atoms with Crippen molar-refractivity contribution in [2.45, 2.75) is 19.0 Å². The minimum Gasteiger partial charge on any atom is -0.618 e. The molecule has 0 fully saturated rings. The van der Waals surface area contributed by atoms with Crippen LogP contribution in [0.5, 0.6) is 0 Å². The molecule has 0 amide bonds. The maximum absolute atomic E-state index is 15.3. The minimum absolute atomic E-state index is 0.0178. The van der Waals surface area contributed by atoms with Gasteiger partial charge in [0, 0.05) is 38.0 Å². The van der Waals surface area contributed by atoms with Crippen molar-refractivity contribution in [1.29, 1.82) is 0 Å². The van der Waals surface area contributed by atoms with E-state index in [0.29, 0.717) is 10.9 Å². The smallest absolute Gasteiger partial charge is 0.333 e. The molecule has 0 radical (unpaired) electrons. The number of halogens is 6. The van der Waals surface area contributed by atoms with Crippen LogP contribution in [0.2, 0.25) is 10.2 Å². The number of rotatable bonds is 9. The van der Waals surface area contributed by atoms with Crippen molar-refractivity contribution < 1.29 is 27.0 Å². The second-order valence-electron chi connectivity index (χ2n) is 8.48. The molecule has 0 spiro atoms. The third kappa shape index (κ3) is 5.12. The number of ether oxygens (including phenoxy) is 1. The molecule has 0 N–H and O–H groups in total. The Bertz CT molecular complexity index is 1670. The summed E-state index contributed by atoms with van der Waals surface area (Å²) in [6.45, 7) is -2.88. The average molecular weight is 597 g/mol. The van der Waals surface area contributed by atoms with Crippen LogP contribution in [0, 0.1) is 16.8 Å². The topological polar surface area (TPSA) is 103 Å². The summed E-state index contributed by atoms with van der Waals surface area (Å²) in [5.41, 5.74) is 0.148. The molecule has 0 aliphatic rings. The zero-order valence-corrected chi connectivity index (χ0v) is 21.9. The van der Waals surface area contributed by atoms with Gasteiger partial charge in [-0.3, -0.25) is 4.68 Å². The summed E-state index contributed by atoms with van der Waals surface area (Å²) in [5, 5.41) is 28.4. The predicted molar refractivity (Wildman–Crippen MR) is 135 cm³/mol. The maximum atomic E-state index is 15.3. The van der Waals surface area contributed by atoms with E-state index in [1.807, 2.05) is 0 Å². The van der Waals surface area contributed by atoms with Crippen LogP contribution in [0.4, 0.5) is 17.6 Å².